The molecule has 3 rings (SSSR count). The van der Waals surface area contributed by atoms with Crippen molar-refractivity contribution in [3.63, 3.8) is 0 Å². The summed E-state index contributed by atoms with van der Waals surface area (Å²) in [5.74, 6) is 1.77. The smallest absolute Gasteiger partial charge is 0.287 e. The van der Waals surface area contributed by atoms with Crippen LogP contribution in [0.2, 0.25) is 0 Å². The lowest BCUT2D eigenvalue weighted by atomic mass is 10.2. The summed E-state index contributed by atoms with van der Waals surface area (Å²) < 4.78 is 10.7. The SMILES string of the molecule is Cc1ccc(C(=O)NCc2ccnc(N3CCOCC3)c2)o1. The Morgan fingerprint density at radius 1 is 1.32 bits per heavy atom. The number of aromatic nitrogens is 1. The van der Waals surface area contributed by atoms with E-state index in [0.29, 0.717) is 12.3 Å². The van der Waals surface area contributed by atoms with E-state index >= 15 is 0 Å². The van der Waals surface area contributed by atoms with Gasteiger partial charge in [0.15, 0.2) is 5.76 Å². The fraction of sp³-hybridized carbons (Fsp3) is 0.375. The van der Waals surface area contributed by atoms with Gasteiger partial charge in [-0.25, -0.2) is 4.98 Å². The molecule has 6 heteroatoms. The first-order valence-electron chi connectivity index (χ1n) is 7.34. The van der Waals surface area contributed by atoms with Gasteiger partial charge in [-0.3, -0.25) is 4.79 Å². The summed E-state index contributed by atoms with van der Waals surface area (Å²) in [6, 6.07) is 7.35. The number of hydrogen-bond acceptors (Lipinski definition) is 5. The van der Waals surface area contributed by atoms with Crippen LogP contribution in [-0.2, 0) is 11.3 Å². The molecule has 2 aromatic rings. The number of hydrogen-bond donors (Lipinski definition) is 1. The normalized spacial score (nSPS) is 14.9. The molecule has 0 aromatic carbocycles. The number of furan rings is 1. The van der Waals surface area contributed by atoms with Crippen LogP contribution in [0.4, 0.5) is 5.82 Å². The van der Waals surface area contributed by atoms with Gasteiger partial charge in [0.1, 0.15) is 11.6 Å². The fourth-order valence-corrected chi connectivity index (χ4v) is 2.36. The predicted octanol–water partition coefficient (Wildman–Crippen LogP) is 1.75. The number of anilines is 1. The minimum absolute atomic E-state index is 0.210. The molecule has 0 aliphatic carbocycles. The second-order valence-electron chi connectivity index (χ2n) is 5.21. The Morgan fingerprint density at radius 3 is 2.86 bits per heavy atom. The molecule has 1 saturated heterocycles. The van der Waals surface area contributed by atoms with Crippen molar-refractivity contribution in [2.45, 2.75) is 13.5 Å². The van der Waals surface area contributed by atoms with Crippen LogP contribution in [0.3, 0.4) is 0 Å². The first-order valence-corrected chi connectivity index (χ1v) is 7.34. The molecule has 0 saturated carbocycles. The van der Waals surface area contributed by atoms with E-state index < -0.39 is 0 Å². The lowest BCUT2D eigenvalue weighted by Crippen LogP contribution is -2.36. The number of carbonyl (C=O) groups excluding carboxylic acids is 1. The van der Waals surface area contributed by atoms with E-state index in [0.717, 1.165) is 43.4 Å². The summed E-state index contributed by atoms with van der Waals surface area (Å²) in [6.07, 6.45) is 1.77. The number of carbonyl (C=O) groups is 1. The summed E-state index contributed by atoms with van der Waals surface area (Å²) in [6.45, 7) is 5.39. The highest BCUT2D eigenvalue weighted by Gasteiger charge is 2.13. The highest BCUT2D eigenvalue weighted by atomic mass is 16.5. The summed E-state index contributed by atoms with van der Waals surface area (Å²) in [7, 11) is 0. The Labute approximate surface area is 129 Å². The molecule has 1 aliphatic heterocycles. The molecule has 0 bridgehead atoms. The number of ether oxygens (including phenoxy) is 1. The highest BCUT2D eigenvalue weighted by molar-refractivity contribution is 5.91. The van der Waals surface area contributed by atoms with Crippen molar-refractivity contribution >= 4 is 11.7 Å². The Balaban J connectivity index is 1.61. The quantitative estimate of drug-likeness (QED) is 0.932. The number of amides is 1. The van der Waals surface area contributed by atoms with Gasteiger partial charge in [-0.15, -0.1) is 0 Å². The molecule has 1 fully saturated rings. The van der Waals surface area contributed by atoms with E-state index in [1.165, 1.54) is 0 Å². The van der Waals surface area contributed by atoms with Gasteiger partial charge in [0, 0.05) is 25.8 Å². The average molecular weight is 301 g/mol. The van der Waals surface area contributed by atoms with Crippen molar-refractivity contribution in [1.82, 2.24) is 10.3 Å². The third kappa shape index (κ3) is 3.46. The van der Waals surface area contributed by atoms with Crippen molar-refractivity contribution in [3.8, 4) is 0 Å². The maximum atomic E-state index is 12.0. The molecule has 1 amide bonds. The van der Waals surface area contributed by atoms with Crippen LogP contribution in [0.15, 0.2) is 34.9 Å². The molecule has 0 unspecified atom stereocenters. The fourth-order valence-electron chi connectivity index (χ4n) is 2.36. The zero-order valence-corrected chi connectivity index (χ0v) is 12.5. The molecule has 1 aliphatic rings. The topological polar surface area (TPSA) is 67.6 Å². The predicted molar refractivity (Wildman–Crippen MR) is 81.9 cm³/mol. The molecule has 0 spiro atoms. The van der Waals surface area contributed by atoms with Crippen molar-refractivity contribution in [1.29, 1.82) is 0 Å². The third-order valence-corrected chi connectivity index (χ3v) is 3.56. The molecule has 1 N–H and O–H groups in total. The van der Waals surface area contributed by atoms with E-state index in [-0.39, 0.29) is 5.91 Å². The molecule has 0 radical (unpaired) electrons. The Bertz CT molecular complexity index is 648. The van der Waals surface area contributed by atoms with Gasteiger partial charge in [-0.05, 0) is 36.8 Å². The number of rotatable bonds is 4. The van der Waals surface area contributed by atoms with E-state index in [4.69, 9.17) is 9.15 Å². The summed E-state index contributed by atoms with van der Waals surface area (Å²) in [5.41, 5.74) is 1.01. The summed E-state index contributed by atoms with van der Waals surface area (Å²) in [5, 5.41) is 2.86. The van der Waals surface area contributed by atoms with E-state index in [1.807, 2.05) is 19.1 Å². The van der Waals surface area contributed by atoms with Crippen LogP contribution in [0.1, 0.15) is 21.9 Å². The van der Waals surface area contributed by atoms with Crippen LogP contribution in [0.25, 0.3) is 0 Å². The minimum Gasteiger partial charge on any atom is -0.456 e. The first-order chi connectivity index (χ1) is 10.7. The van der Waals surface area contributed by atoms with Gasteiger partial charge >= 0.3 is 0 Å². The monoisotopic (exact) mass is 301 g/mol. The second kappa shape index (κ2) is 6.62. The van der Waals surface area contributed by atoms with Gasteiger partial charge in [0.25, 0.3) is 5.91 Å². The number of pyridine rings is 1. The number of nitrogens with zero attached hydrogens (tertiary/aromatic N) is 2. The van der Waals surface area contributed by atoms with Crippen molar-refractivity contribution < 1.29 is 13.9 Å². The molecular weight excluding hydrogens is 282 g/mol. The van der Waals surface area contributed by atoms with Crippen LogP contribution >= 0.6 is 0 Å². The lowest BCUT2D eigenvalue weighted by Gasteiger charge is -2.28. The van der Waals surface area contributed by atoms with E-state index in [9.17, 15) is 4.79 Å². The number of nitrogens with one attached hydrogen (secondary N) is 1. The molecule has 6 nitrogen and oxygen atoms in total. The Hall–Kier alpha value is -2.34. The lowest BCUT2D eigenvalue weighted by molar-refractivity contribution is 0.0922. The summed E-state index contributed by atoms with van der Waals surface area (Å²) >= 11 is 0. The van der Waals surface area contributed by atoms with E-state index in [1.54, 1.807) is 18.3 Å². The zero-order chi connectivity index (χ0) is 15.4. The van der Waals surface area contributed by atoms with Gasteiger partial charge < -0.3 is 19.4 Å². The van der Waals surface area contributed by atoms with Gasteiger partial charge in [-0.2, -0.15) is 0 Å². The van der Waals surface area contributed by atoms with Crippen molar-refractivity contribution in [2.75, 3.05) is 31.2 Å². The largest absolute Gasteiger partial charge is 0.456 e. The molecule has 22 heavy (non-hydrogen) atoms. The van der Waals surface area contributed by atoms with Crippen LogP contribution in [0.5, 0.6) is 0 Å². The molecule has 0 atom stereocenters. The molecule has 3 heterocycles. The zero-order valence-electron chi connectivity index (χ0n) is 12.5. The Kier molecular flexibility index (Phi) is 4.39. The summed E-state index contributed by atoms with van der Waals surface area (Å²) in [4.78, 5) is 18.5. The van der Waals surface area contributed by atoms with Gasteiger partial charge in [0.05, 0.1) is 13.2 Å². The standard InChI is InChI=1S/C16H19N3O3/c1-12-2-3-14(22-12)16(20)18-11-13-4-5-17-15(10-13)19-6-8-21-9-7-19/h2-5,10H,6-9,11H2,1H3,(H,18,20). The van der Waals surface area contributed by atoms with Crippen LogP contribution < -0.4 is 10.2 Å². The van der Waals surface area contributed by atoms with Gasteiger partial charge in [-0.1, -0.05) is 0 Å². The van der Waals surface area contributed by atoms with Crippen molar-refractivity contribution in [3.05, 3.63) is 47.5 Å². The minimum atomic E-state index is -0.210. The molecule has 2 aromatic heterocycles. The van der Waals surface area contributed by atoms with E-state index in [2.05, 4.69) is 15.2 Å². The van der Waals surface area contributed by atoms with Gasteiger partial charge in [0.2, 0.25) is 0 Å². The highest BCUT2D eigenvalue weighted by Crippen LogP contribution is 2.14. The Morgan fingerprint density at radius 2 is 2.14 bits per heavy atom. The number of morpholine rings is 1. The third-order valence-electron chi connectivity index (χ3n) is 3.56. The van der Waals surface area contributed by atoms with Crippen molar-refractivity contribution in [2.24, 2.45) is 0 Å². The molecule has 116 valence electrons. The molecular formula is C16H19N3O3. The first kappa shape index (κ1) is 14.6. The number of aryl methyl sites for hydroxylation is 1. The van der Waals surface area contributed by atoms with Crippen LogP contribution in [0, 0.1) is 6.92 Å². The maximum absolute atomic E-state index is 12.0. The second-order valence-corrected chi connectivity index (χ2v) is 5.21. The average Bonchev–Trinajstić information content (AvgIpc) is 3.00. The maximum Gasteiger partial charge on any atom is 0.287 e. The van der Waals surface area contributed by atoms with Crippen LogP contribution in [-0.4, -0.2) is 37.2 Å².